The maximum absolute atomic E-state index is 9.72. The second kappa shape index (κ2) is 24.5. The summed E-state index contributed by atoms with van der Waals surface area (Å²) in [6, 6.07) is -0.282. The van der Waals surface area contributed by atoms with Gasteiger partial charge in [0.05, 0.1) is 12.7 Å². The van der Waals surface area contributed by atoms with Crippen molar-refractivity contribution in [2.24, 2.45) is 11.7 Å². The van der Waals surface area contributed by atoms with E-state index in [9.17, 15) is 5.11 Å². The summed E-state index contributed by atoms with van der Waals surface area (Å²) in [5, 5.41) is 18.8. The fourth-order valence-corrected chi connectivity index (χ4v) is 4.77. The van der Waals surface area contributed by atoms with Crippen LogP contribution in [-0.2, 0) is 0 Å². The van der Waals surface area contributed by atoms with Gasteiger partial charge in [-0.2, -0.15) is 0 Å². The summed E-state index contributed by atoms with van der Waals surface area (Å²) in [7, 11) is 0. The van der Waals surface area contributed by atoms with Crippen LogP contribution in [0.15, 0.2) is 0 Å². The second-order valence-electron chi connectivity index (χ2n) is 10.0. The molecule has 188 valence electrons. The van der Waals surface area contributed by atoms with E-state index in [4.69, 9.17) is 10.8 Å². The SMILES string of the molecule is CCCCCCCCCCCCCCCCCCCCCCC(CC)C(N)C(O)CO. The van der Waals surface area contributed by atoms with Gasteiger partial charge in [0.15, 0.2) is 0 Å². The molecule has 0 saturated heterocycles. The van der Waals surface area contributed by atoms with Gasteiger partial charge >= 0.3 is 0 Å². The monoisotopic (exact) mass is 441 g/mol. The van der Waals surface area contributed by atoms with Crippen LogP contribution in [0.1, 0.15) is 155 Å². The van der Waals surface area contributed by atoms with Crippen molar-refractivity contribution < 1.29 is 10.2 Å². The lowest BCUT2D eigenvalue weighted by molar-refractivity contribution is 0.0536. The Morgan fingerprint density at radius 3 is 1.16 bits per heavy atom. The van der Waals surface area contributed by atoms with Gasteiger partial charge in [-0.25, -0.2) is 0 Å². The molecule has 0 radical (unpaired) electrons. The van der Waals surface area contributed by atoms with Crippen LogP contribution in [0.4, 0.5) is 0 Å². The van der Waals surface area contributed by atoms with E-state index in [-0.39, 0.29) is 12.6 Å². The van der Waals surface area contributed by atoms with Gasteiger partial charge in [0.25, 0.3) is 0 Å². The van der Waals surface area contributed by atoms with Crippen molar-refractivity contribution in [1.29, 1.82) is 0 Å². The number of unbranched alkanes of at least 4 members (excludes halogenated alkanes) is 19. The first-order valence-corrected chi connectivity index (χ1v) is 14.2. The molecule has 0 amide bonds. The first kappa shape index (κ1) is 30.9. The molecule has 3 atom stereocenters. The Hall–Kier alpha value is -0.120. The molecule has 0 saturated carbocycles. The van der Waals surface area contributed by atoms with Crippen LogP contribution in [0.25, 0.3) is 0 Å². The number of hydrogen-bond donors (Lipinski definition) is 3. The standard InChI is InChI=1S/C28H59NO2/c1-3-5-6-7-8-9-10-11-12-13-14-15-16-17-18-19-20-21-22-23-24-26(4-2)28(29)27(31)25-30/h26-28,30-31H,3-25,29H2,1-2H3. The molecule has 0 fully saturated rings. The summed E-state index contributed by atoms with van der Waals surface area (Å²) in [6.45, 7) is 4.20. The van der Waals surface area contributed by atoms with Crippen molar-refractivity contribution >= 4 is 0 Å². The third-order valence-electron chi connectivity index (χ3n) is 7.13. The molecule has 0 aromatic rings. The molecule has 0 heterocycles. The van der Waals surface area contributed by atoms with E-state index >= 15 is 0 Å². The normalized spacial score (nSPS) is 14.6. The minimum absolute atomic E-state index is 0.225. The highest BCUT2D eigenvalue weighted by atomic mass is 16.3. The van der Waals surface area contributed by atoms with Gasteiger partial charge in [-0.05, 0) is 12.3 Å². The Kier molecular flexibility index (Phi) is 24.4. The third kappa shape index (κ3) is 20.2. The maximum Gasteiger partial charge on any atom is 0.0924 e. The molecule has 4 N–H and O–H groups in total. The lowest BCUT2D eigenvalue weighted by Gasteiger charge is -2.26. The molecule has 0 aliphatic heterocycles. The first-order chi connectivity index (χ1) is 15.2. The molecule has 3 nitrogen and oxygen atoms in total. The second-order valence-corrected chi connectivity index (χ2v) is 10.0. The Bertz CT molecular complexity index is 337. The Morgan fingerprint density at radius 2 is 0.871 bits per heavy atom. The van der Waals surface area contributed by atoms with Crippen molar-refractivity contribution in [3.8, 4) is 0 Å². The van der Waals surface area contributed by atoms with Gasteiger partial charge in [-0.15, -0.1) is 0 Å². The molecule has 0 bridgehead atoms. The summed E-state index contributed by atoms with van der Waals surface area (Å²) < 4.78 is 0. The summed E-state index contributed by atoms with van der Waals surface area (Å²) in [5.74, 6) is 0.331. The van der Waals surface area contributed by atoms with Gasteiger partial charge in [0, 0.05) is 6.04 Å². The summed E-state index contributed by atoms with van der Waals surface area (Å²) >= 11 is 0. The zero-order valence-corrected chi connectivity index (χ0v) is 21.5. The molecule has 3 heteroatoms. The van der Waals surface area contributed by atoms with Gasteiger partial charge < -0.3 is 15.9 Å². The quantitative estimate of drug-likeness (QED) is 0.126. The van der Waals surface area contributed by atoms with Gasteiger partial charge in [-0.1, -0.05) is 149 Å². The largest absolute Gasteiger partial charge is 0.394 e. The van der Waals surface area contributed by atoms with E-state index in [0.717, 1.165) is 12.8 Å². The van der Waals surface area contributed by atoms with Gasteiger partial charge in [0.1, 0.15) is 0 Å². The third-order valence-corrected chi connectivity index (χ3v) is 7.13. The molecule has 0 aromatic carbocycles. The van der Waals surface area contributed by atoms with Crippen LogP contribution in [0, 0.1) is 5.92 Å². The molecule has 31 heavy (non-hydrogen) atoms. The maximum atomic E-state index is 9.72. The van der Waals surface area contributed by atoms with Crippen molar-refractivity contribution in [2.45, 2.75) is 167 Å². The summed E-state index contributed by atoms with van der Waals surface area (Å²) in [5.41, 5.74) is 6.06. The van der Waals surface area contributed by atoms with Gasteiger partial charge in [0.2, 0.25) is 0 Å². The van der Waals surface area contributed by atoms with E-state index in [1.807, 2.05) is 0 Å². The van der Waals surface area contributed by atoms with E-state index < -0.39 is 6.10 Å². The van der Waals surface area contributed by atoms with E-state index in [0.29, 0.717) is 5.92 Å². The lowest BCUT2D eigenvalue weighted by atomic mass is 9.88. The van der Waals surface area contributed by atoms with Crippen LogP contribution in [0.5, 0.6) is 0 Å². The number of nitrogens with two attached hydrogens (primary N) is 1. The molecular weight excluding hydrogens is 382 g/mol. The Morgan fingerprint density at radius 1 is 0.548 bits per heavy atom. The zero-order chi connectivity index (χ0) is 23.0. The predicted molar refractivity (Wildman–Crippen MR) is 137 cm³/mol. The topological polar surface area (TPSA) is 66.5 Å². The van der Waals surface area contributed by atoms with Gasteiger partial charge in [-0.3, -0.25) is 0 Å². The Labute approximate surface area is 196 Å². The number of aliphatic hydroxyl groups excluding tert-OH is 2. The molecule has 3 unspecified atom stereocenters. The van der Waals surface area contributed by atoms with Crippen LogP contribution in [0.3, 0.4) is 0 Å². The molecule has 0 aliphatic rings. The van der Waals surface area contributed by atoms with Crippen LogP contribution in [-0.4, -0.2) is 29.0 Å². The molecule has 0 aliphatic carbocycles. The fourth-order valence-electron chi connectivity index (χ4n) is 4.77. The van der Waals surface area contributed by atoms with E-state index in [1.54, 1.807) is 0 Å². The predicted octanol–water partition coefficient (Wildman–Crippen LogP) is 7.91. The minimum Gasteiger partial charge on any atom is -0.394 e. The van der Waals surface area contributed by atoms with Crippen LogP contribution < -0.4 is 5.73 Å². The molecular formula is C28H59NO2. The van der Waals surface area contributed by atoms with E-state index in [1.165, 1.54) is 128 Å². The van der Waals surface area contributed by atoms with Crippen molar-refractivity contribution in [2.75, 3.05) is 6.61 Å². The Balaban J connectivity index is 3.25. The lowest BCUT2D eigenvalue weighted by Crippen LogP contribution is -2.43. The highest BCUT2D eigenvalue weighted by Gasteiger charge is 2.22. The average Bonchev–Trinajstić information content (AvgIpc) is 2.79. The smallest absolute Gasteiger partial charge is 0.0924 e. The molecule has 0 spiro atoms. The van der Waals surface area contributed by atoms with E-state index in [2.05, 4.69) is 13.8 Å². The highest BCUT2D eigenvalue weighted by Crippen LogP contribution is 2.20. The number of hydrogen-bond acceptors (Lipinski definition) is 3. The summed E-state index contributed by atoms with van der Waals surface area (Å²) in [6.07, 6.45) is 29.4. The number of aliphatic hydroxyl groups is 2. The fraction of sp³-hybridized carbons (Fsp3) is 1.00. The highest BCUT2D eigenvalue weighted by molar-refractivity contribution is 4.78. The van der Waals surface area contributed by atoms with Crippen molar-refractivity contribution in [1.82, 2.24) is 0 Å². The molecule has 0 aromatic heterocycles. The number of rotatable bonds is 25. The van der Waals surface area contributed by atoms with Crippen LogP contribution in [0.2, 0.25) is 0 Å². The molecule has 0 rings (SSSR count). The van der Waals surface area contributed by atoms with Crippen molar-refractivity contribution in [3.05, 3.63) is 0 Å². The summed E-state index contributed by atoms with van der Waals surface area (Å²) in [4.78, 5) is 0. The first-order valence-electron chi connectivity index (χ1n) is 14.2. The zero-order valence-electron chi connectivity index (χ0n) is 21.5. The average molecular weight is 442 g/mol. The minimum atomic E-state index is -0.768. The van der Waals surface area contributed by atoms with Crippen molar-refractivity contribution in [3.63, 3.8) is 0 Å². The van der Waals surface area contributed by atoms with Crippen LogP contribution >= 0.6 is 0 Å².